The quantitative estimate of drug-likeness (QED) is 0.767. The van der Waals surface area contributed by atoms with E-state index in [-0.39, 0.29) is 0 Å². The molecular formula is C22H24O3. The normalized spacial score (nSPS) is 14.4. The molecule has 2 rings (SSSR count). The number of carboxylic acid groups (broad SMARTS) is 1. The predicted molar refractivity (Wildman–Crippen MR) is 102 cm³/mol. The predicted octanol–water partition coefficient (Wildman–Crippen LogP) is 4.74. The van der Waals surface area contributed by atoms with Crippen LogP contribution in [0.2, 0.25) is 0 Å². The molecular weight excluding hydrogens is 312 g/mol. The highest BCUT2D eigenvalue weighted by Gasteiger charge is 2.13. The third-order valence-electron chi connectivity index (χ3n) is 4.22. The second kappa shape index (κ2) is 9.00. The summed E-state index contributed by atoms with van der Waals surface area (Å²) >= 11 is 0. The van der Waals surface area contributed by atoms with Crippen molar-refractivity contribution in [3.8, 4) is 0 Å². The van der Waals surface area contributed by atoms with E-state index in [2.05, 4.69) is 0 Å². The van der Waals surface area contributed by atoms with Crippen LogP contribution >= 0.6 is 0 Å². The molecule has 3 nitrogen and oxygen atoms in total. The van der Waals surface area contributed by atoms with Crippen molar-refractivity contribution in [1.82, 2.24) is 0 Å². The molecule has 0 aliphatic carbocycles. The lowest BCUT2D eigenvalue weighted by Crippen LogP contribution is -2.07. The number of carbonyl (C=O) groups is 1. The van der Waals surface area contributed by atoms with Gasteiger partial charge in [0.05, 0.1) is 12.0 Å². The first-order chi connectivity index (χ1) is 12.0. The van der Waals surface area contributed by atoms with Crippen molar-refractivity contribution in [3.05, 3.63) is 82.9 Å². The molecule has 0 aliphatic rings. The Balaban J connectivity index is 2.13. The molecule has 3 heteroatoms. The summed E-state index contributed by atoms with van der Waals surface area (Å²) < 4.78 is 0. The minimum Gasteiger partial charge on any atom is -0.481 e. The Labute approximate surface area is 149 Å². The van der Waals surface area contributed by atoms with Gasteiger partial charge in [-0.05, 0) is 35.6 Å². The largest absolute Gasteiger partial charge is 0.481 e. The molecule has 130 valence electrons. The topological polar surface area (TPSA) is 57.5 Å². The fourth-order valence-corrected chi connectivity index (χ4v) is 2.52. The molecule has 25 heavy (non-hydrogen) atoms. The van der Waals surface area contributed by atoms with Crippen LogP contribution in [0.15, 0.2) is 66.2 Å². The average Bonchev–Trinajstić information content (AvgIpc) is 2.64. The van der Waals surface area contributed by atoms with Crippen molar-refractivity contribution >= 4 is 18.1 Å². The summed E-state index contributed by atoms with van der Waals surface area (Å²) in [6.07, 6.45) is 5.72. The average molecular weight is 336 g/mol. The van der Waals surface area contributed by atoms with E-state index < -0.39 is 18.0 Å². The highest BCUT2D eigenvalue weighted by atomic mass is 16.4. The van der Waals surface area contributed by atoms with E-state index in [0.29, 0.717) is 0 Å². The first-order valence-corrected chi connectivity index (χ1v) is 8.45. The molecule has 0 aliphatic heterocycles. The van der Waals surface area contributed by atoms with Crippen LogP contribution < -0.4 is 0 Å². The maximum absolute atomic E-state index is 11.0. The van der Waals surface area contributed by atoms with Gasteiger partial charge in [-0.25, -0.2) is 0 Å². The van der Waals surface area contributed by atoms with Gasteiger partial charge in [0.15, 0.2) is 0 Å². The van der Waals surface area contributed by atoms with E-state index in [4.69, 9.17) is 5.11 Å². The standard InChI is InChI=1S/C22H24O3/c1-3-19(21(23)14-11-17-7-5-4-6-8-17)15-18-9-12-20(13-10-18)16(2)22(24)25/h4-16,21,23H,3H2,1-2H3,(H,24,25). The van der Waals surface area contributed by atoms with Crippen molar-refractivity contribution in [2.45, 2.75) is 32.3 Å². The molecule has 0 fully saturated rings. The lowest BCUT2D eigenvalue weighted by molar-refractivity contribution is -0.138. The third kappa shape index (κ3) is 5.44. The number of benzene rings is 2. The van der Waals surface area contributed by atoms with E-state index in [1.54, 1.807) is 13.0 Å². The van der Waals surface area contributed by atoms with E-state index in [1.807, 2.05) is 73.7 Å². The Morgan fingerprint density at radius 1 is 1.04 bits per heavy atom. The summed E-state index contributed by atoms with van der Waals surface area (Å²) in [5.74, 6) is -1.36. The van der Waals surface area contributed by atoms with Crippen LogP contribution in [-0.4, -0.2) is 22.3 Å². The molecule has 0 spiro atoms. The second-order valence-electron chi connectivity index (χ2n) is 6.01. The van der Waals surface area contributed by atoms with Gasteiger partial charge in [0, 0.05) is 0 Å². The van der Waals surface area contributed by atoms with Crippen LogP contribution in [0.3, 0.4) is 0 Å². The van der Waals surface area contributed by atoms with E-state index >= 15 is 0 Å². The van der Waals surface area contributed by atoms with Crippen LogP contribution in [0, 0.1) is 0 Å². The van der Waals surface area contributed by atoms with Crippen LogP contribution in [0.1, 0.15) is 42.9 Å². The fraction of sp³-hybridized carbons (Fsp3) is 0.227. The molecule has 0 bridgehead atoms. The van der Waals surface area contributed by atoms with Gasteiger partial charge in [0.25, 0.3) is 0 Å². The van der Waals surface area contributed by atoms with Crippen LogP contribution in [0.5, 0.6) is 0 Å². The van der Waals surface area contributed by atoms with Crippen LogP contribution in [0.4, 0.5) is 0 Å². The first-order valence-electron chi connectivity index (χ1n) is 8.45. The Bertz CT molecular complexity index is 743. The number of aliphatic hydroxyl groups is 1. The van der Waals surface area contributed by atoms with Crippen molar-refractivity contribution in [1.29, 1.82) is 0 Å². The van der Waals surface area contributed by atoms with Gasteiger partial charge < -0.3 is 10.2 Å². The summed E-state index contributed by atoms with van der Waals surface area (Å²) in [5, 5.41) is 19.5. The SMILES string of the molecule is CCC(=Cc1ccc(C(C)C(=O)O)cc1)C(O)C=Cc1ccccc1. The smallest absolute Gasteiger partial charge is 0.310 e. The van der Waals surface area contributed by atoms with Gasteiger partial charge in [-0.3, -0.25) is 4.79 Å². The lowest BCUT2D eigenvalue weighted by Gasteiger charge is -2.11. The van der Waals surface area contributed by atoms with Gasteiger partial charge in [0.2, 0.25) is 0 Å². The molecule has 0 heterocycles. The number of rotatable bonds is 7. The Kier molecular flexibility index (Phi) is 6.72. The molecule has 2 N–H and O–H groups in total. The molecule has 0 amide bonds. The van der Waals surface area contributed by atoms with Crippen molar-refractivity contribution in [2.75, 3.05) is 0 Å². The van der Waals surface area contributed by atoms with Crippen molar-refractivity contribution in [3.63, 3.8) is 0 Å². The van der Waals surface area contributed by atoms with Gasteiger partial charge in [-0.15, -0.1) is 0 Å². The lowest BCUT2D eigenvalue weighted by atomic mass is 9.98. The maximum Gasteiger partial charge on any atom is 0.310 e. The zero-order valence-corrected chi connectivity index (χ0v) is 14.6. The molecule has 2 aromatic rings. The summed E-state index contributed by atoms with van der Waals surface area (Å²) in [5.41, 5.74) is 3.67. The summed E-state index contributed by atoms with van der Waals surface area (Å²) in [6.45, 7) is 3.68. The monoisotopic (exact) mass is 336 g/mol. The fourth-order valence-electron chi connectivity index (χ4n) is 2.52. The summed E-state index contributed by atoms with van der Waals surface area (Å²) in [4.78, 5) is 11.0. The van der Waals surface area contributed by atoms with E-state index in [9.17, 15) is 9.90 Å². The minimum absolute atomic E-state index is 0.525. The van der Waals surface area contributed by atoms with Crippen molar-refractivity contribution < 1.29 is 15.0 Å². The number of hydrogen-bond acceptors (Lipinski definition) is 2. The van der Waals surface area contributed by atoms with Gasteiger partial charge in [-0.1, -0.05) is 79.7 Å². The Morgan fingerprint density at radius 3 is 2.24 bits per heavy atom. The molecule has 0 saturated carbocycles. The summed E-state index contributed by atoms with van der Waals surface area (Å²) in [6, 6.07) is 17.3. The Morgan fingerprint density at radius 2 is 1.68 bits per heavy atom. The number of aliphatic hydroxyl groups excluding tert-OH is 1. The first kappa shape index (κ1) is 18.7. The molecule has 0 aromatic heterocycles. The highest BCUT2D eigenvalue weighted by molar-refractivity contribution is 5.75. The van der Waals surface area contributed by atoms with Crippen molar-refractivity contribution in [2.24, 2.45) is 0 Å². The molecule has 2 atom stereocenters. The molecule has 0 saturated heterocycles. The van der Waals surface area contributed by atoms with Crippen LogP contribution in [0.25, 0.3) is 12.2 Å². The van der Waals surface area contributed by atoms with E-state index in [0.717, 1.165) is 28.7 Å². The van der Waals surface area contributed by atoms with Gasteiger partial charge in [0.1, 0.15) is 0 Å². The number of aliphatic carboxylic acids is 1. The zero-order valence-electron chi connectivity index (χ0n) is 14.6. The maximum atomic E-state index is 11.0. The van der Waals surface area contributed by atoms with Gasteiger partial charge >= 0.3 is 5.97 Å². The van der Waals surface area contributed by atoms with Crippen LogP contribution in [-0.2, 0) is 4.79 Å². The zero-order chi connectivity index (χ0) is 18.2. The Hall–Kier alpha value is -2.65. The van der Waals surface area contributed by atoms with Gasteiger partial charge in [-0.2, -0.15) is 0 Å². The highest BCUT2D eigenvalue weighted by Crippen LogP contribution is 2.19. The molecule has 2 unspecified atom stereocenters. The minimum atomic E-state index is -0.834. The summed E-state index contributed by atoms with van der Waals surface area (Å²) in [7, 11) is 0. The van der Waals surface area contributed by atoms with E-state index in [1.165, 1.54) is 0 Å². The molecule has 0 radical (unpaired) electrons. The number of carboxylic acids is 1. The number of hydrogen-bond donors (Lipinski definition) is 2. The molecule has 2 aromatic carbocycles. The third-order valence-corrected chi connectivity index (χ3v) is 4.22. The second-order valence-corrected chi connectivity index (χ2v) is 6.01.